The minimum absolute atomic E-state index is 0.0536. The molecule has 0 heterocycles. The van der Waals surface area contributed by atoms with Crippen molar-refractivity contribution >= 4 is 11.8 Å². The normalized spacial score (nSPS) is 10.1. The minimum atomic E-state index is -0.0548. The predicted octanol–water partition coefficient (Wildman–Crippen LogP) is 2.11. The summed E-state index contributed by atoms with van der Waals surface area (Å²) >= 11 is 0. The van der Waals surface area contributed by atoms with E-state index < -0.39 is 0 Å². The number of aryl methyl sites for hydroxylation is 1. The van der Waals surface area contributed by atoms with Crippen LogP contribution in [0.2, 0.25) is 0 Å². The Bertz CT molecular complexity index is 747. The first kappa shape index (κ1) is 20.3. The second-order valence-electron chi connectivity index (χ2n) is 6.05. The Hall–Kier alpha value is -3.02. The van der Waals surface area contributed by atoms with Crippen LogP contribution in [-0.2, 0) is 22.4 Å². The molecule has 0 atom stereocenters. The molecule has 0 aliphatic rings. The molecular weight excluding hydrogens is 344 g/mol. The number of benzene rings is 2. The zero-order valence-electron chi connectivity index (χ0n) is 15.8. The Morgan fingerprint density at radius 3 is 2.15 bits per heavy atom. The maximum Gasteiger partial charge on any atom is 0.224 e. The Kier molecular flexibility index (Phi) is 8.16. The SMILES string of the molecule is COc1ccc(CCC(=O)NCCNC(=O)Cc2ccccc2)cc1OC. The number of carbonyl (C=O) groups excluding carboxylic acids is 2. The molecule has 0 radical (unpaired) electrons. The van der Waals surface area contributed by atoms with E-state index in [-0.39, 0.29) is 11.8 Å². The summed E-state index contributed by atoms with van der Waals surface area (Å²) in [6.45, 7) is 0.819. The van der Waals surface area contributed by atoms with Crippen molar-refractivity contribution < 1.29 is 19.1 Å². The number of methoxy groups -OCH3 is 2. The van der Waals surface area contributed by atoms with Crippen LogP contribution in [0.15, 0.2) is 48.5 Å². The number of amides is 2. The van der Waals surface area contributed by atoms with Crippen molar-refractivity contribution in [2.45, 2.75) is 19.3 Å². The molecule has 6 nitrogen and oxygen atoms in total. The summed E-state index contributed by atoms with van der Waals surface area (Å²) in [5.74, 6) is 1.20. The van der Waals surface area contributed by atoms with Crippen LogP contribution < -0.4 is 20.1 Å². The van der Waals surface area contributed by atoms with Crippen molar-refractivity contribution in [1.29, 1.82) is 0 Å². The van der Waals surface area contributed by atoms with Gasteiger partial charge >= 0.3 is 0 Å². The fourth-order valence-corrected chi connectivity index (χ4v) is 2.63. The molecule has 2 aromatic carbocycles. The van der Waals surface area contributed by atoms with Crippen molar-refractivity contribution in [3.8, 4) is 11.5 Å². The summed E-state index contributed by atoms with van der Waals surface area (Å²) in [5, 5.41) is 5.62. The fraction of sp³-hybridized carbons (Fsp3) is 0.333. The van der Waals surface area contributed by atoms with Crippen molar-refractivity contribution in [3.63, 3.8) is 0 Å². The lowest BCUT2D eigenvalue weighted by Gasteiger charge is -2.10. The van der Waals surface area contributed by atoms with E-state index in [1.807, 2.05) is 48.5 Å². The molecular formula is C21H26N2O4. The van der Waals surface area contributed by atoms with Gasteiger partial charge in [-0.2, -0.15) is 0 Å². The highest BCUT2D eigenvalue weighted by molar-refractivity contribution is 5.79. The average molecular weight is 370 g/mol. The van der Waals surface area contributed by atoms with Gasteiger partial charge in [-0.15, -0.1) is 0 Å². The topological polar surface area (TPSA) is 76.7 Å². The van der Waals surface area contributed by atoms with Gasteiger partial charge in [0.25, 0.3) is 0 Å². The molecule has 27 heavy (non-hydrogen) atoms. The number of hydrogen-bond acceptors (Lipinski definition) is 4. The fourth-order valence-electron chi connectivity index (χ4n) is 2.63. The first-order valence-corrected chi connectivity index (χ1v) is 8.90. The van der Waals surface area contributed by atoms with Gasteiger partial charge in [0.05, 0.1) is 20.6 Å². The molecule has 0 unspecified atom stereocenters. The smallest absolute Gasteiger partial charge is 0.224 e. The minimum Gasteiger partial charge on any atom is -0.493 e. The highest BCUT2D eigenvalue weighted by atomic mass is 16.5. The van der Waals surface area contributed by atoms with Gasteiger partial charge < -0.3 is 20.1 Å². The van der Waals surface area contributed by atoms with Gasteiger partial charge in [-0.3, -0.25) is 9.59 Å². The second-order valence-corrected chi connectivity index (χ2v) is 6.05. The first-order valence-electron chi connectivity index (χ1n) is 8.90. The van der Waals surface area contributed by atoms with E-state index in [1.54, 1.807) is 14.2 Å². The van der Waals surface area contributed by atoms with Gasteiger partial charge in [-0.05, 0) is 29.7 Å². The van der Waals surface area contributed by atoms with Crippen molar-refractivity contribution in [1.82, 2.24) is 10.6 Å². The Morgan fingerprint density at radius 1 is 0.815 bits per heavy atom. The lowest BCUT2D eigenvalue weighted by molar-refractivity contribution is -0.122. The van der Waals surface area contributed by atoms with Gasteiger partial charge in [0.15, 0.2) is 11.5 Å². The van der Waals surface area contributed by atoms with Crippen LogP contribution in [0.5, 0.6) is 11.5 Å². The maximum absolute atomic E-state index is 11.9. The zero-order chi connectivity index (χ0) is 19.5. The molecule has 2 rings (SSSR count). The van der Waals surface area contributed by atoms with Crippen molar-refractivity contribution in [2.75, 3.05) is 27.3 Å². The van der Waals surface area contributed by atoms with Gasteiger partial charge in [0, 0.05) is 19.5 Å². The molecule has 0 bridgehead atoms. The summed E-state index contributed by atoms with van der Waals surface area (Å²) < 4.78 is 10.5. The molecule has 0 fully saturated rings. The number of rotatable bonds is 10. The van der Waals surface area contributed by atoms with Gasteiger partial charge in [-0.25, -0.2) is 0 Å². The standard InChI is InChI=1S/C21H26N2O4/c1-26-18-10-8-17(14-19(18)27-2)9-11-20(24)22-12-13-23-21(25)15-16-6-4-3-5-7-16/h3-8,10,14H,9,11-13,15H2,1-2H3,(H,22,24)(H,23,25). The van der Waals surface area contributed by atoms with Crippen LogP contribution in [-0.4, -0.2) is 39.1 Å². The van der Waals surface area contributed by atoms with E-state index in [0.29, 0.717) is 43.9 Å². The summed E-state index contributed by atoms with van der Waals surface area (Å²) in [4.78, 5) is 23.8. The van der Waals surface area contributed by atoms with Gasteiger partial charge in [0.2, 0.25) is 11.8 Å². The summed E-state index contributed by atoms with van der Waals surface area (Å²) in [6.07, 6.45) is 1.31. The third-order valence-electron chi connectivity index (χ3n) is 4.07. The number of hydrogen-bond donors (Lipinski definition) is 2. The molecule has 144 valence electrons. The molecule has 2 amide bonds. The quantitative estimate of drug-likeness (QED) is 0.628. The van der Waals surface area contributed by atoms with E-state index in [4.69, 9.17) is 9.47 Å². The number of carbonyl (C=O) groups is 2. The van der Waals surface area contributed by atoms with Crippen LogP contribution >= 0.6 is 0 Å². The lowest BCUT2D eigenvalue weighted by atomic mass is 10.1. The maximum atomic E-state index is 11.9. The third-order valence-corrected chi connectivity index (χ3v) is 4.07. The summed E-state index contributed by atoms with van der Waals surface area (Å²) in [6, 6.07) is 15.2. The first-order chi connectivity index (χ1) is 13.1. The van der Waals surface area contributed by atoms with E-state index in [2.05, 4.69) is 10.6 Å². The lowest BCUT2D eigenvalue weighted by Crippen LogP contribution is -2.35. The molecule has 0 saturated carbocycles. The van der Waals surface area contributed by atoms with Crippen molar-refractivity contribution in [2.24, 2.45) is 0 Å². The molecule has 0 spiro atoms. The molecule has 6 heteroatoms. The van der Waals surface area contributed by atoms with Crippen LogP contribution in [0.1, 0.15) is 17.5 Å². The van der Waals surface area contributed by atoms with E-state index in [0.717, 1.165) is 11.1 Å². The van der Waals surface area contributed by atoms with Gasteiger partial charge in [0.1, 0.15) is 0 Å². The van der Waals surface area contributed by atoms with Gasteiger partial charge in [-0.1, -0.05) is 36.4 Å². The van der Waals surface area contributed by atoms with Crippen LogP contribution in [0, 0.1) is 0 Å². The largest absolute Gasteiger partial charge is 0.493 e. The van der Waals surface area contributed by atoms with Crippen molar-refractivity contribution in [3.05, 3.63) is 59.7 Å². The second kappa shape index (κ2) is 10.9. The van der Waals surface area contributed by atoms with E-state index >= 15 is 0 Å². The number of nitrogens with one attached hydrogen (secondary N) is 2. The Balaban J connectivity index is 1.64. The molecule has 0 aliphatic heterocycles. The third kappa shape index (κ3) is 7.01. The number of ether oxygens (including phenoxy) is 2. The molecule has 0 saturated heterocycles. The molecule has 2 aromatic rings. The highest BCUT2D eigenvalue weighted by Gasteiger charge is 2.07. The molecule has 2 N–H and O–H groups in total. The molecule has 0 aromatic heterocycles. The predicted molar refractivity (Wildman–Crippen MR) is 104 cm³/mol. The van der Waals surface area contributed by atoms with Crippen LogP contribution in [0.4, 0.5) is 0 Å². The molecule has 0 aliphatic carbocycles. The zero-order valence-corrected chi connectivity index (χ0v) is 15.8. The van der Waals surface area contributed by atoms with Crippen LogP contribution in [0.3, 0.4) is 0 Å². The monoisotopic (exact) mass is 370 g/mol. The Morgan fingerprint density at radius 2 is 1.48 bits per heavy atom. The average Bonchev–Trinajstić information content (AvgIpc) is 2.70. The summed E-state index contributed by atoms with van der Waals surface area (Å²) in [5.41, 5.74) is 1.97. The highest BCUT2D eigenvalue weighted by Crippen LogP contribution is 2.27. The van der Waals surface area contributed by atoms with Crippen LogP contribution in [0.25, 0.3) is 0 Å². The van der Waals surface area contributed by atoms with E-state index in [1.165, 1.54) is 0 Å². The van der Waals surface area contributed by atoms with E-state index in [9.17, 15) is 9.59 Å². The Labute approximate surface area is 159 Å². The summed E-state index contributed by atoms with van der Waals surface area (Å²) in [7, 11) is 3.17.